The molecule has 2 rings (SSSR count). The number of H-pyrrole nitrogens is 2. The zero-order valence-electron chi connectivity index (χ0n) is 7.21. The van der Waals surface area contributed by atoms with Crippen molar-refractivity contribution in [2.75, 3.05) is 6.26 Å². The first-order chi connectivity index (χ1) is 6.22. The molecule has 0 bridgehead atoms. The Labute approximate surface area is 78.0 Å². The molecule has 13 heavy (non-hydrogen) atoms. The molecule has 0 aliphatic carbocycles. The average Bonchev–Trinajstić information content (AvgIpc) is 2.46. The molecule has 0 radical (unpaired) electrons. The van der Waals surface area contributed by atoms with Gasteiger partial charge in [-0.25, -0.2) is 4.79 Å². The Bertz CT molecular complexity index is 501. The molecule has 2 heterocycles. The second-order valence-electron chi connectivity index (χ2n) is 2.62. The molecule has 0 aliphatic rings. The van der Waals surface area contributed by atoms with E-state index in [2.05, 4.69) is 20.2 Å². The number of aromatic amines is 2. The predicted molar refractivity (Wildman–Crippen MR) is 51.0 cm³/mol. The first-order valence-electron chi connectivity index (χ1n) is 3.71. The highest BCUT2D eigenvalue weighted by Crippen LogP contribution is 2.22. The number of fused-ring (bicyclic) bond motifs is 1. The van der Waals surface area contributed by atoms with Crippen molar-refractivity contribution in [2.45, 2.75) is 11.9 Å². The number of thioether (sulfide) groups is 1. The Morgan fingerprint density at radius 2 is 2.23 bits per heavy atom. The summed E-state index contributed by atoms with van der Waals surface area (Å²) in [5, 5.41) is 8.37. The zero-order valence-corrected chi connectivity index (χ0v) is 8.03. The minimum absolute atomic E-state index is 0.358. The molecule has 5 nitrogen and oxygen atoms in total. The van der Waals surface area contributed by atoms with Crippen molar-refractivity contribution < 1.29 is 0 Å². The van der Waals surface area contributed by atoms with E-state index in [0.29, 0.717) is 10.7 Å². The lowest BCUT2D eigenvalue weighted by molar-refractivity contribution is 1.01. The Hall–Kier alpha value is -1.30. The first-order valence-corrected chi connectivity index (χ1v) is 4.94. The fourth-order valence-corrected chi connectivity index (χ4v) is 1.83. The molecule has 2 N–H and O–H groups in total. The van der Waals surface area contributed by atoms with Gasteiger partial charge in [-0.1, -0.05) is 0 Å². The highest BCUT2D eigenvalue weighted by molar-refractivity contribution is 7.98. The van der Waals surface area contributed by atoms with E-state index < -0.39 is 0 Å². The van der Waals surface area contributed by atoms with Gasteiger partial charge in [0.05, 0.1) is 5.39 Å². The molecular weight excluding hydrogens is 188 g/mol. The van der Waals surface area contributed by atoms with E-state index in [0.717, 1.165) is 11.1 Å². The van der Waals surface area contributed by atoms with Crippen LogP contribution in [-0.4, -0.2) is 26.4 Å². The van der Waals surface area contributed by atoms with Gasteiger partial charge in [0.2, 0.25) is 0 Å². The quantitative estimate of drug-likeness (QED) is 0.519. The van der Waals surface area contributed by atoms with Crippen molar-refractivity contribution in [1.82, 2.24) is 20.2 Å². The number of nitrogens with zero attached hydrogens (tertiary/aromatic N) is 2. The van der Waals surface area contributed by atoms with E-state index in [4.69, 9.17) is 0 Å². The van der Waals surface area contributed by atoms with E-state index in [1.807, 2.05) is 13.2 Å². The summed E-state index contributed by atoms with van der Waals surface area (Å²) in [6.45, 7) is 1.90. The van der Waals surface area contributed by atoms with Crippen LogP contribution in [0.2, 0.25) is 0 Å². The van der Waals surface area contributed by atoms with Crippen LogP contribution in [0.3, 0.4) is 0 Å². The van der Waals surface area contributed by atoms with Crippen LogP contribution in [0.1, 0.15) is 5.69 Å². The molecule has 0 unspecified atom stereocenters. The lowest BCUT2D eigenvalue weighted by atomic mass is 10.3. The third-order valence-corrected chi connectivity index (χ3v) is 2.46. The lowest BCUT2D eigenvalue weighted by Gasteiger charge is -1.95. The number of nitrogens with one attached hydrogen (secondary N) is 2. The molecule has 0 spiro atoms. The average molecular weight is 196 g/mol. The second-order valence-corrected chi connectivity index (χ2v) is 3.42. The molecule has 2 aromatic heterocycles. The van der Waals surface area contributed by atoms with Crippen LogP contribution in [0.5, 0.6) is 0 Å². The molecule has 2 aromatic rings. The lowest BCUT2D eigenvalue weighted by Crippen LogP contribution is -2.10. The maximum absolute atomic E-state index is 11.0. The molecule has 0 aliphatic heterocycles. The van der Waals surface area contributed by atoms with Gasteiger partial charge in [0, 0.05) is 5.69 Å². The smallest absolute Gasteiger partial charge is 0.288 e. The fourth-order valence-electron chi connectivity index (χ4n) is 1.21. The Kier molecular flexibility index (Phi) is 1.84. The predicted octanol–water partition coefficient (Wildman–Crippen LogP) is 0.677. The van der Waals surface area contributed by atoms with Crippen molar-refractivity contribution in [3.63, 3.8) is 0 Å². The fraction of sp³-hybridized carbons (Fsp3) is 0.286. The van der Waals surface area contributed by atoms with Crippen molar-refractivity contribution in [3.8, 4) is 0 Å². The van der Waals surface area contributed by atoms with Crippen LogP contribution in [0.4, 0.5) is 0 Å². The number of rotatable bonds is 1. The highest BCUT2D eigenvalue weighted by Gasteiger charge is 2.08. The molecule has 68 valence electrons. The van der Waals surface area contributed by atoms with E-state index in [-0.39, 0.29) is 5.69 Å². The second kappa shape index (κ2) is 2.88. The molecule has 0 atom stereocenters. The number of hydrogen-bond donors (Lipinski definition) is 2. The van der Waals surface area contributed by atoms with Crippen LogP contribution in [-0.2, 0) is 0 Å². The van der Waals surface area contributed by atoms with Crippen molar-refractivity contribution >= 4 is 22.8 Å². The Balaban J connectivity index is 2.93. The van der Waals surface area contributed by atoms with Gasteiger partial charge < -0.3 is 0 Å². The summed E-state index contributed by atoms with van der Waals surface area (Å²) in [5.41, 5.74) is 1.13. The van der Waals surface area contributed by atoms with Gasteiger partial charge in [-0.05, 0) is 13.2 Å². The van der Waals surface area contributed by atoms with Crippen molar-refractivity contribution in [1.29, 1.82) is 0 Å². The zero-order chi connectivity index (χ0) is 9.42. The van der Waals surface area contributed by atoms with Crippen LogP contribution in [0, 0.1) is 6.92 Å². The van der Waals surface area contributed by atoms with Gasteiger partial charge in [-0.3, -0.25) is 10.1 Å². The van der Waals surface area contributed by atoms with Gasteiger partial charge >= 0.3 is 5.69 Å². The first kappa shape index (κ1) is 8.31. The maximum atomic E-state index is 11.0. The molecule has 0 saturated heterocycles. The summed E-state index contributed by atoms with van der Waals surface area (Å²) in [5.74, 6) is 0. The maximum Gasteiger partial charge on any atom is 0.347 e. The molecule has 0 fully saturated rings. The van der Waals surface area contributed by atoms with Crippen LogP contribution < -0.4 is 5.69 Å². The molecule has 0 aromatic carbocycles. The summed E-state index contributed by atoms with van der Waals surface area (Å²) in [4.78, 5) is 17.4. The van der Waals surface area contributed by atoms with E-state index in [1.54, 1.807) is 0 Å². The number of aryl methyl sites for hydroxylation is 1. The minimum Gasteiger partial charge on any atom is -0.288 e. The normalized spacial score (nSPS) is 10.9. The van der Waals surface area contributed by atoms with Gasteiger partial charge in [0.25, 0.3) is 0 Å². The van der Waals surface area contributed by atoms with Crippen molar-refractivity contribution in [3.05, 3.63) is 16.2 Å². The number of hydrogen-bond acceptors (Lipinski definition) is 4. The van der Waals surface area contributed by atoms with E-state index in [1.165, 1.54) is 11.8 Å². The van der Waals surface area contributed by atoms with Crippen LogP contribution >= 0.6 is 11.8 Å². The van der Waals surface area contributed by atoms with E-state index >= 15 is 0 Å². The van der Waals surface area contributed by atoms with E-state index in [9.17, 15) is 4.79 Å². The minimum atomic E-state index is -0.358. The Morgan fingerprint density at radius 3 is 2.92 bits per heavy atom. The summed E-state index contributed by atoms with van der Waals surface area (Å²) < 4.78 is 0. The number of aromatic nitrogens is 4. The molecule has 0 saturated carbocycles. The third-order valence-electron chi connectivity index (χ3n) is 1.78. The van der Waals surface area contributed by atoms with Gasteiger partial charge in [0.1, 0.15) is 5.03 Å². The summed E-state index contributed by atoms with van der Waals surface area (Å²) in [7, 11) is 0. The van der Waals surface area contributed by atoms with Gasteiger partial charge in [-0.15, -0.1) is 11.8 Å². The summed E-state index contributed by atoms with van der Waals surface area (Å²) >= 11 is 1.44. The van der Waals surface area contributed by atoms with Crippen LogP contribution in [0.25, 0.3) is 11.0 Å². The largest absolute Gasteiger partial charge is 0.347 e. The summed E-state index contributed by atoms with van der Waals surface area (Å²) in [6, 6.07) is 0. The SMILES string of the molecule is CSc1nc(=O)[nH]c2n[nH]c(C)c12. The van der Waals surface area contributed by atoms with Crippen molar-refractivity contribution in [2.24, 2.45) is 0 Å². The molecule has 0 amide bonds. The monoisotopic (exact) mass is 196 g/mol. The van der Waals surface area contributed by atoms with Crippen LogP contribution in [0.15, 0.2) is 9.82 Å². The molecular formula is C7H8N4OS. The highest BCUT2D eigenvalue weighted by atomic mass is 32.2. The third kappa shape index (κ3) is 1.23. The van der Waals surface area contributed by atoms with Gasteiger partial charge in [0.15, 0.2) is 5.65 Å². The standard InChI is InChI=1S/C7H8N4OS/c1-3-4-5(11-10-3)8-7(12)9-6(4)13-2/h1-2H3,(H2,8,9,10,11,12). The topological polar surface area (TPSA) is 74.4 Å². The van der Waals surface area contributed by atoms with Gasteiger partial charge in [-0.2, -0.15) is 10.1 Å². The Morgan fingerprint density at radius 1 is 1.46 bits per heavy atom. The molecule has 6 heteroatoms. The summed E-state index contributed by atoms with van der Waals surface area (Å²) in [6.07, 6.45) is 1.88.